The number of carbonyl (C=O) groups is 1. The Balaban J connectivity index is 1.75. The Kier molecular flexibility index (Phi) is 10.1. The third kappa shape index (κ3) is 8.16. The number of rotatable bonds is 14. The lowest BCUT2D eigenvalue weighted by atomic mass is 10.1. The molecule has 0 bridgehead atoms. The normalized spacial score (nSPS) is 10.7. The van der Waals surface area contributed by atoms with Gasteiger partial charge in [-0.3, -0.25) is 0 Å². The summed E-state index contributed by atoms with van der Waals surface area (Å²) in [6.45, 7) is 6.32. The molecule has 0 atom stereocenters. The summed E-state index contributed by atoms with van der Waals surface area (Å²) in [6.07, 6.45) is 7.50. The molecule has 0 heterocycles. The molecule has 0 spiro atoms. The highest BCUT2D eigenvalue weighted by atomic mass is 16.6. The minimum atomic E-state index is -0.608. The molecule has 158 valence electrons. The van der Waals surface area contributed by atoms with Crippen molar-refractivity contribution in [1.29, 1.82) is 0 Å². The van der Waals surface area contributed by atoms with Gasteiger partial charge in [0.1, 0.15) is 24.7 Å². The van der Waals surface area contributed by atoms with Gasteiger partial charge in [-0.25, -0.2) is 4.79 Å². The van der Waals surface area contributed by atoms with Gasteiger partial charge in [-0.1, -0.05) is 57.7 Å². The van der Waals surface area contributed by atoms with Gasteiger partial charge in [-0.2, -0.15) is 0 Å². The highest BCUT2D eigenvalue weighted by Crippen LogP contribution is 2.25. The number of aliphatic hydroxyl groups is 1. The Bertz CT molecular complexity index is 784. The van der Waals surface area contributed by atoms with Crippen molar-refractivity contribution in [1.82, 2.24) is 0 Å². The van der Waals surface area contributed by atoms with E-state index in [9.17, 15) is 4.79 Å². The van der Waals surface area contributed by atoms with Gasteiger partial charge in [0.25, 0.3) is 0 Å². The van der Waals surface area contributed by atoms with E-state index in [2.05, 4.69) is 13.5 Å². The van der Waals surface area contributed by atoms with Crippen LogP contribution in [0.15, 0.2) is 48.6 Å². The van der Waals surface area contributed by atoms with Crippen molar-refractivity contribution in [2.75, 3.05) is 26.4 Å². The number of unbranched alkanes of at least 4 members (excludes halogenated alkanes) is 5. The molecule has 0 fully saturated rings. The van der Waals surface area contributed by atoms with Crippen molar-refractivity contribution in [3.8, 4) is 11.5 Å². The Morgan fingerprint density at radius 3 is 2.07 bits per heavy atom. The maximum atomic E-state index is 11.4. The van der Waals surface area contributed by atoms with Crippen LogP contribution in [-0.4, -0.2) is 37.5 Å². The zero-order valence-corrected chi connectivity index (χ0v) is 17.3. The summed E-state index contributed by atoms with van der Waals surface area (Å²) >= 11 is 0. The van der Waals surface area contributed by atoms with Crippen LogP contribution in [0.5, 0.6) is 11.5 Å². The first-order valence-corrected chi connectivity index (χ1v) is 10.4. The van der Waals surface area contributed by atoms with E-state index < -0.39 is 12.6 Å². The number of benzene rings is 2. The van der Waals surface area contributed by atoms with E-state index in [4.69, 9.17) is 19.3 Å². The van der Waals surface area contributed by atoms with Gasteiger partial charge in [0.15, 0.2) is 0 Å². The summed E-state index contributed by atoms with van der Waals surface area (Å²) in [5.41, 5.74) is 0.0326. The predicted octanol–water partition coefficient (Wildman–Crippen LogP) is 5.05. The molecule has 1 N–H and O–H groups in total. The summed E-state index contributed by atoms with van der Waals surface area (Å²) in [5.74, 6) is 0.981. The minimum Gasteiger partial charge on any atom is -0.494 e. The molecule has 0 aliphatic heterocycles. The predicted molar refractivity (Wildman–Crippen MR) is 115 cm³/mol. The smallest absolute Gasteiger partial charge is 0.335 e. The van der Waals surface area contributed by atoms with Crippen molar-refractivity contribution in [2.45, 2.75) is 45.4 Å². The zero-order valence-electron chi connectivity index (χ0n) is 17.3. The van der Waals surface area contributed by atoms with E-state index in [-0.39, 0.29) is 18.8 Å². The molecule has 2 rings (SSSR count). The van der Waals surface area contributed by atoms with Crippen molar-refractivity contribution in [3.63, 3.8) is 0 Å². The lowest BCUT2D eigenvalue weighted by Gasteiger charge is -2.10. The quantitative estimate of drug-likeness (QED) is 0.273. The molecular weight excluding hydrogens is 368 g/mol. The van der Waals surface area contributed by atoms with Crippen molar-refractivity contribution in [3.05, 3.63) is 48.6 Å². The average Bonchev–Trinajstić information content (AvgIpc) is 2.75. The van der Waals surface area contributed by atoms with Crippen LogP contribution >= 0.6 is 0 Å². The highest BCUT2D eigenvalue weighted by molar-refractivity contribution is 5.88. The van der Waals surface area contributed by atoms with Gasteiger partial charge in [0.05, 0.1) is 18.8 Å². The van der Waals surface area contributed by atoms with Crippen LogP contribution in [0, 0.1) is 0 Å². The number of hydrogen-bond acceptors (Lipinski definition) is 5. The van der Waals surface area contributed by atoms with Crippen LogP contribution in [0.3, 0.4) is 0 Å². The monoisotopic (exact) mass is 400 g/mol. The molecule has 5 nitrogen and oxygen atoms in total. The first-order chi connectivity index (χ1) is 14.1. The molecule has 2 aromatic carbocycles. The van der Waals surface area contributed by atoms with Crippen LogP contribution < -0.4 is 9.47 Å². The number of aliphatic hydroxyl groups excluding tert-OH is 1. The standard InChI is InChI=1S/C24H32O5/c1-3-4-5-6-7-8-13-27-22-11-9-21-17-23(12-10-20(21)16-22)28-14-15-29-24(26)19(2)18-25/h9-12,16-17,25H,2-8,13-15,18H2,1H3. The molecule has 2 aromatic rings. The Hall–Kier alpha value is -2.53. The van der Waals surface area contributed by atoms with Crippen LogP contribution in [0.4, 0.5) is 0 Å². The zero-order chi connectivity index (χ0) is 20.9. The molecule has 0 saturated carbocycles. The third-order valence-electron chi connectivity index (χ3n) is 4.61. The highest BCUT2D eigenvalue weighted by Gasteiger charge is 2.07. The Morgan fingerprint density at radius 2 is 1.45 bits per heavy atom. The van der Waals surface area contributed by atoms with E-state index >= 15 is 0 Å². The Morgan fingerprint density at radius 1 is 0.862 bits per heavy atom. The van der Waals surface area contributed by atoms with Gasteiger partial charge in [-0.05, 0) is 41.5 Å². The fourth-order valence-electron chi connectivity index (χ4n) is 2.91. The molecule has 0 aliphatic carbocycles. The summed E-state index contributed by atoms with van der Waals surface area (Å²) in [5, 5.41) is 11.0. The van der Waals surface area contributed by atoms with Crippen LogP contribution in [0.1, 0.15) is 45.4 Å². The van der Waals surface area contributed by atoms with Gasteiger partial charge in [0.2, 0.25) is 0 Å². The van der Waals surface area contributed by atoms with Gasteiger partial charge >= 0.3 is 5.97 Å². The lowest BCUT2D eigenvalue weighted by Crippen LogP contribution is -2.14. The van der Waals surface area contributed by atoms with E-state index in [0.29, 0.717) is 5.75 Å². The number of esters is 1. The molecule has 0 unspecified atom stereocenters. The number of hydrogen-bond donors (Lipinski definition) is 1. The topological polar surface area (TPSA) is 65.0 Å². The number of ether oxygens (including phenoxy) is 3. The molecule has 0 saturated heterocycles. The molecule has 29 heavy (non-hydrogen) atoms. The van der Waals surface area contributed by atoms with E-state index in [0.717, 1.165) is 29.5 Å². The van der Waals surface area contributed by atoms with Crippen molar-refractivity contribution >= 4 is 16.7 Å². The van der Waals surface area contributed by atoms with E-state index in [1.165, 1.54) is 32.1 Å². The number of fused-ring (bicyclic) bond motifs is 1. The van der Waals surface area contributed by atoms with Crippen LogP contribution in [-0.2, 0) is 9.53 Å². The van der Waals surface area contributed by atoms with Crippen molar-refractivity contribution in [2.24, 2.45) is 0 Å². The minimum absolute atomic E-state index is 0.0326. The van der Waals surface area contributed by atoms with E-state index in [1.54, 1.807) is 0 Å². The summed E-state index contributed by atoms with van der Waals surface area (Å²) in [4.78, 5) is 11.4. The fraction of sp³-hybridized carbons (Fsp3) is 0.458. The summed E-state index contributed by atoms with van der Waals surface area (Å²) < 4.78 is 16.5. The largest absolute Gasteiger partial charge is 0.494 e. The molecular formula is C24H32O5. The summed E-state index contributed by atoms with van der Waals surface area (Å²) in [7, 11) is 0. The van der Waals surface area contributed by atoms with Gasteiger partial charge < -0.3 is 19.3 Å². The molecule has 0 aromatic heterocycles. The first kappa shape index (κ1) is 22.8. The van der Waals surface area contributed by atoms with Crippen molar-refractivity contribution < 1.29 is 24.1 Å². The number of carbonyl (C=O) groups excluding carboxylic acids is 1. The Labute approximate surface area is 173 Å². The molecule has 0 radical (unpaired) electrons. The maximum absolute atomic E-state index is 11.4. The average molecular weight is 401 g/mol. The second-order valence-electron chi connectivity index (χ2n) is 7.03. The maximum Gasteiger partial charge on any atom is 0.335 e. The second kappa shape index (κ2) is 12.8. The fourth-order valence-corrected chi connectivity index (χ4v) is 2.91. The van der Waals surface area contributed by atoms with Gasteiger partial charge in [-0.15, -0.1) is 0 Å². The molecule has 0 amide bonds. The van der Waals surface area contributed by atoms with E-state index in [1.807, 2.05) is 36.4 Å². The summed E-state index contributed by atoms with van der Waals surface area (Å²) in [6, 6.07) is 11.9. The second-order valence-corrected chi connectivity index (χ2v) is 7.03. The SMILES string of the molecule is C=C(CO)C(=O)OCCOc1ccc2cc(OCCCCCCCC)ccc2c1. The molecule has 0 aliphatic rings. The van der Waals surface area contributed by atoms with Crippen LogP contribution in [0.25, 0.3) is 10.8 Å². The van der Waals surface area contributed by atoms with Gasteiger partial charge in [0, 0.05) is 0 Å². The lowest BCUT2D eigenvalue weighted by molar-refractivity contribution is -0.140. The first-order valence-electron chi connectivity index (χ1n) is 10.4. The third-order valence-corrected chi connectivity index (χ3v) is 4.61. The van der Waals surface area contributed by atoms with Crippen LogP contribution in [0.2, 0.25) is 0 Å². The molecule has 5 heteroatoms.